The zero-order chi connectivity index (χ0) is 12.3. The second-order valence-electron chi connectivity index (χ2n) is 3.14. The van der Waals surface area contributed by atoms with E-state index >= 15 is 0 Å². The van der Waals surface area contributed by atoms with E-state index in [1.165, 1.54) is 0 Å². The number of hydrogen-bond donors (Lipinski definition) is 3. The van der Waals surface area contributed by atoms with Crippen molar-refractivity contribution in [3.63, 3.8) is 0 Å². The molecule has 6 heteroatoms. The Morgan fingerprint density at radius 2 is 2.25 bits per heavy atom. The highest BCUT2D eigenvalue weighted by molar-refractivity contribution is 5.76. The van der Waals surface area contributed by atoms with Crippen LogP contribution in [0.5, 0.6) is 5.75 Å². The number of aliphatic carboxylic acids is 1. The van der Waals surface area contributed by atoms with Gasteiger partial charge in [-0.2, -0.15) is 5.26 Å². The Morgan fingerprint density at radius 3 is 2.69 bits per heavy atom. The Bertz CT molecular complexity index is 468. The first-order valence-electron chi connectivity index (χ1n) is 4.36. The standard InChI is InChI=1S/C10H9FN2O3/c11-8-2-5(7(4-13)10(15)16)1-6(3-12)9(8)14/h1-2,7,14H,4,13H2,(H,15,16). The van der Waals surface area contributed by atoms with Crippen LogP contribution in [0.25, 0.3) is 0 Å². The van der Waals surface area contributed by atoms with Gasteiger partial charge in [-0.1, -0.05) is 0 Å². The van der Waals surface area contributed by atoms with Crippen molar-refractivity contribution in [3.05, 3.63) is 29.1 Å². The van der Waals surface area contributed by atoms with E-state index < -0.39 is 23.5 Å². The van der Waals surface area contributed by atoms with Crippen LogP contribution >= 0.6 is 0 Å². The van der Waals surface area contributed by atoms with Crippen molar-refractivity contribution < 1.29 is 19.4 Å². The minimum absolute atomic E-state index is 0.0573. The maximum Gasteiger partial charge on any atom is 0.312 e. The highest BCUT2D eigenvalue weighted by Gasteiger charge is 2.21. The van der Waals surface area contributed by atoms with Gasteiger partial charge in [0, 0.05) is 6.54 Å². The molecule has 5 nitrogen and oxygen atoms in total. The SMILES string of the molecule is N#Cc1cc(C(CN)C(=O)O)cc(F)c1O. The molecule has 1 atom stereocenters. The van der Waals surface area contributed by atoms with E-state index in [2.05, 4.69) is 0 Å². The van der Waals surface area contributed by atoms with Crippen LogP contribution < -0.4 is 5.73 Å². The molecule has 0 spiro atoms. The van der Waals surface area contributed by atoms with E-state index in [-0.39, 0.29) is 17.7 Å². The summed E-state index contributed by atoms with van der Waals surface area (Å²) in [6.07, 6.45) is 0. The molecule has 4 N–H and O–H groups in total. The Labute approximate surface area is 90.5 Å². The largest absolute Gasteiger partial charge is 0.504 e. The molecular formula is C10H9FN2O3. The van der Waals surface area contributed by atoms with Crippen LogP contribution in [0, 0.1) is 17.1 Å². The number of hydrogen-bond acceptors (Lipinski definition) is 4. The first-order valence-corrected chi connectivity index (χ1v) is 4.36. The van der Waals surface area contributed by atoms with Gasteiger partial charge in [-0.25, -0.2) is 4.39 Å². The van der Waals surface area contributed by atoms with Crippen LogP contribution in [0.2, 0.25) is 0 Å². The van der Waals surface area contributed by atoms with Crippen LogP contribution in [-0.4, -0.2) is 22.7 Å². The van der Waals surface area contributed by atoms with Crippen molar-refractivity contribution in [2.45, 2.75) is 5.92 Å². The van der Waals surface area contributed by atoms with Gasteiger partial charge in [-0.05, 0) is 17.7 Å². The number of halogens is 1. The van der Waals surface area contributed by atoms with E-state index in [1.807, 2.05) is 0 Å². The van der Waals surface area contributed by atoms with Crippen LogP contribution in [0.15, 0.2) is 12.1 Å². The smallest absolute Gasteiger partial charge is 0.312 e. The molecule has 0 saturated heterocycles. The van der Waals surface area contributed by atoms with Crippen molar-refractivity contribution in [3.8, 4) is 11.8 Å². The van der Waals surface area contributed by atoms with E-state index in [9.17, 15) is 9.18 Å². The number of carboxylic acids is 1. The van der Waals surface area contributed by atoms with Crippen LogP contribution in [0.3, 0.4) is 0 Å². The zero-order valence-corrected chi connectivity index (χ0v) is 8.14. The number of carbonyl (C=O) groups is 1. The Balaban J connectivity index is 3.31. The molecule has 0 radical (unpaired) electrons. The molecule has 1 rings (SSSR count). The minimum atomic E-state index is -1.21. The zero-order valence-electron chi connectivity index (χ0n) is 8.14. The van der Waals surface area contributed by atoms with Gasteiger partial charge >= 0.3 is 5.97 Å². The summed E-state index contributed by atoms with van der Waals surface area (Å²) >= 11 is 0. The molecule has 1 unspecified atom stereocenters. The van der Waals surface area contributed by atoms with Gasteiger partial charge in [-0.15, -0.1) is 0 Å². The summed E-state index contributed by atoms with van der Waals surface area (Å²) in [6, 6.07) is 3.55. The Morgan fingerprint density at radius 1 is 1.62 bits per heavy atom. The van der Waals surface area contributed by atoms with E-state index in [1.54, 1.807) is 6.07 Å². The topological polar surface area (TPSA) is 107 Å². The summed E-state index contributed by atoms with van der Waals surface area (Å²) in [5, 5.41) is 26.5. The predicted molar refractivity (Wildman–Crippen MR) is 52.2 cm³/mol. The molecule has 0 aliphatic carbocycles. The number of phenolic OH excluding ortho intramolecular Hbond substituents is 1. The molecule has 0 aromatic heterocycles. The molecule has 0 fully saturated rings. The number of nitriles is 1. The highest BCUT2D eigenvalue weighted by Crippen LogP contribution is 2.26. The van der Waals surface area contributed by atoms with Gasteiger partial charge in [0.1, 0.15) is 6.07 Å². The third-order valence-electron chi connectivity index (χ3n) is 2.14. The van der Waals surface area contributed by atoms with E-state index in [0.717, 1.165) is 12.1 Å². The summed E-state index contributed by atoms with van der Waals surface area (Å²) in [6.45, 7) is -0.218. The lowest BCUT2D eigenvalue weighted by molar-refractivity contribution is -0.138. The average Bonchev–Trinajstić information content (AvgIpc) is 2.23. The Kier molecular flexibility index (Phi) is 3.43. The lowest BCUT2D eigenvalue weighted by Gasteiger charge is -2.11. The molecule has 84 valence electrons. The third kappa shape index (κ3) is 2.10. The fraction of sp³-hybridized carbons (Fsp3) is 0.200. The van der Waals surface area contributed by atoms with E-state index in [4.69, 9.17) is 21.2 Å². The number of nitrogens with zero attached hydrogens (tertiary/aromatic N) is 1. The maximum atomic E-state index is 13.2. The third-order valence-corrected chi connectivity index (χ3v) is 2.14. The van der Waals surface area contributed by atoms with Gasteiger partial charge < -0.3 is 15.9 Å². The lowest BCUT2D eigenvalue weighted by Crippen LogP contribution is -2.21. The molecular weight excluding hydrogens is 215 g/mol. The van der Waals surface area contributed by atoms with Crippen molar-refractivity contribution >= 4 is 5.97 Å². The number of phenols is 1. The highest BCUT2D eigenvalue weighted by atomic mass is 19.1. The van der Waals surface area contributed by atoms with Crippen molar-refractivity contribution in [2.75, 3.05) is 6.54 Å². The summed E-state index contributed by atoms with van der Waals surface area (Å²) in [5.41, 5.74) is 4.98. The normalized spacial score (nSPS) is 11.8. The van der Waals surface area contributed by atoms with Gasteiger partial charge in [0.2, 0.25) is 0 Å². The second kappa shape index (κ2) is 4.59. The molecule has 0 aliphatic heterocycles. The molecule has 16 heavy (non-hydrogen) atoms. The number of rotatable bonds is 3. The number of aromatic hydroxyl groups is 1. The van der Waals surface area contributed by atoms with Crippen molar-refractivity contribution in [1.82, 2.24) is 0 Å². The van der Waals surface area contributed by atoms with Gasteiger partial charge in [-0.3, -0.25) is 4.79 Å². The first-order chi connectivity index (χ1) is 7.51. The molecule has 0 saturated carbocycles. The fourth-order valence-corrected chi connectivity index (χ4v) is 1.29. The molecule has 0 bridgehead atoms. The van der Waals surface area contributed by atoms with Gasteiger partial charge in [0.25, 0.3) is 0 Å². The van der Waals surface area contributed by atoms with E-state index in [0.29, 0.717) is 0 Å². The lowest BCUT2D eigenvalue weighted by atomic mass is 9.97. The number of nitrogens with two attached hydrogens (primary N) is 1. The quantitative estimate of drug-likeness (QED) is 0.694. The summed E-state index contributed by atoms with van der Waals surface area (Å²) in [5.74, 6) is -4.13. The molecule has 0 amide bonds. The summed E-state index contributed by atoms with van der Waals surface area (Å²) in [4.78, 5) is 10.8. The second-order valence-corrected chi connectivity index (χ2v) is 3.14. The molecule has 1 aromatic rings. The van der Waals surface area contributed by atoms with Gasteiger partial charge in [0.05, 0.1) is 11.5 Å². The number of carboxylic acid groups (broad SMARTS) is 1. The monoisotopic (exact) mass is 224 g/mol. The van der Waals surface area contributed by atoms with Crippen LogP contribution in [0.1, 0.15) is 17.0 Å². The molecule has 0 heterocycles. The van der Waals surface area contributed by atoms with Gasteiger partial charge in [0.15, 0.2) is 11.6 Å². The summed E-state index contributed by atoms with van der Waals surface area (Å²) < 4.78 is 13.2. The van der Waals surface area contributed by atoms with Crippen LogP contribution in [0.4, 0.5) is 4.39 Å². The predicted octanol–water partition coefficient (Wildman–Crippen LogP) is 0.530. The fourth-order valence-electron chi connectivity index (χ4n) is 1.29. The maximum absolute atomic E-state index is 13.2. The van der Waals surface area contributed by atoms with Crippen LogP contribution in [-0.2, 0) is 4.79 Å². The molecule has 0 aliphatic rings. The summed E-state index contributed by atoms with van der Waals surface area (Å²) in [7, 11) is 0. The number of benzene rings is 1. The Hall–Kier alpha value is -2.13. The first kappa shape index (κ1) is 11.9. The average molecular weight is 224 g/mol. The van der Waals surface area contributed by atoms with Crippen molar-refractivity contribution in [2.24, 2.45) is 5.73 Å². The van der Waals surface area contributed by atoms with Crippen molar-refractivity contribution in [1.29, 1.82) is 5.26 Å². The molecule has 1 aromatic carbocycles. The minimum Gasteiger partial charge on any atom is -0.504 e.